The first-order chi connectivity index (χ1) is 13.0. The van der Waals surface area contributed by atoms with Crippen LogP contribution >= 0.6 is 11.6 Å². The van der Waals surface area contributed by atoms with Gasteiger partial charge in [0, 0.05) is 5.02 Å². The van der Waals surface area contributed by atoms with E-state index in [9.17, 15) is 10.1 Å². The number of hydrogen-bond acceptors (Lipinski definition) is 6. The van der Waals surface area contributed by atoms with Gasteiger partial charge in [-0.15, -0.1) is 0 Å². The first-order valence-corrected chi connectivity index (χ1v) is 8.58. The number of nitrogens with zero attached hydrogens (tertiary/aromatic N) is 3. The molecular weight excluding hydrogens is 368 g/mol. The summed E-state index contributed by atoms with van der Waals surface area (Å²) in [4.78, 5) is 19.1. The van der Waals surface area contributed by atoms with Crippen molar-refractivity contribution in [2.45, 2.75) is 19.9 Å². The Labute approximate surface area is 161 Å². The Kier molecular flexibility index (Phi) is 5.52. The Morgan fingerprint density at radius 3 is 2.59 bits per heavy atom. The predicted octanol–water partition coefficient (Wildman–Crippen LogP) is 5.31. The monoisotopic (exact) mass is 384 g/mol. The molecule has 7 nitrogen and oxygen atoms in total. The molecule has 0 saturated heterocycles. The SMILES string of the molecule is Cc1cc(Oc2ncnc(NC(C)c3ccccc3)c2[N+](=O)[O-])ccc1Cl. The third-order valence-corrected chi connectivity index (χ3v) is 4.39. The second-order valence-corrected chi connectivity index (χ2v) is 6.33. The summed E-state index contributed by atoms with van der Waals surface area (Å²) in [5.74, 6) is 0.354. The summed E-state index contributed by atoms with van der Waals surface area (Å²) in [6, 6.07) is 14.4. The molecule has 3 rings (SSSR count). The van der Waals surface area contributed by atoms with Gasteiger partial charge in [0.15, 0.2) is 0 Å². The molecule has 0 aliphatic rings. The van der Waals surface area contributed by atoms with Gasteiger partial charge >= 0.3 is 11.6 Å². The van der Waals surface area contributed by atoms with Gasteiger partial charge in [-0.25, -0.2) is 4.98 Å². The zero-order chi connectivity index (χ0) is 19.4. The van der Waals surface area contributed by atoms with E-state index in [1.54, 1.807) is 18.2 Å². The lowest BCUT2D eigenvalue weighted by Gasteiger charge is -2.15. The molecule has 1 heterocycles. The average Bonchev–Trinajstić information content (AvgIpc) is 2.65. The number of ether oxygens (including phenoxy) is 1. The molecule has 0 bridgehead atoms. The van der Waals surface area contributed by atoms with Gasteiger partial charge in [-0.05, 0) is 43.2 Å². The fourth-order valence-electron chi connectivity index (χ4n) is 2.53. The molecule has 3 aromatic rings. The fraction of sp³-hybridized carbons (Fsp3) is 0.158. The van der Waals surface area contributed by atoms with Gasteiger partial charge in [0.2, 0.25) is 5.82 Å². The molecule has 0 saturated carbocycles. The van der Waals surface area contributed by atoms with Crippen molar-refractivity contribution in [3.05, 3.63) is 81.1 Å². The Hall–Kier alpha value is -3.19. The Bertz CT molecular complexity index is 966. The van der Waals surface area contributed by atoms with Crippen LogP contribution < -0.4 is 10.1 Å². The molecule has 2 aromatic carbocycles. The summed E-state index contributed by atoms with van der Waals surface area (Å²) < 4.78 is 5.64. The van der Waals surface area contributed by atoms with E-state index in [1.165, 1.54) is 6.33 Å². The van der Waals surface area contributed by atoms with E-state index in [0.717, 1.165) is 11.1 Å². The molecule has 8 heteroatoms. The second kappa shape index (κ2) is 8.01. The van der Waals surface area contributed by atoms with Gasteiger partial charge in [0.1, 0.15) is 12.1 Å². The lowest BCUT2D eigenvalue weighted by atomic mass is 10.1. The molecule has 0 spiro atoms. The van der Waals surface area contributed by atoms with Gasteiger partial charge in [0.25, 0.3) is 0 Å². The first-order valence-electron chi connectivity index (χ1n) is 8.20. The molecular formula is C19H17ClN4O3. The van der Waals surface area contributed by atoms with E-state index in [4.69, 9.17) is 16.3 Å². The van der Waals surface area contributed by atoms with Crippen molar-refractivity contribution in [1.29, 1.82) is 0 Å². The number of anilines is 1. The van der Waals surface area contributed by atoms with Gasteiger partial charge in [0.05, 0.1) is 11.0 Å². The van der Waals surface area contributed by atoms with Gasteiger partial charge in [-0.2, -0.15) is 4.98 Å². The van der Waals surface area contributed by atoms with Crippen LogP contribution in [0, 0.1) is 17.0 Å². The molecule has 27 heavy (non-hydrogen) atoms. The largest absolute Gasteiger partial charge is 0.434 e. The van der Waals surface area contributed by atoms with Crippen molar-refractivity contribution in [1.82, 2.24) is 9.97 Å². The molecule has 1 unspecified atom stereocenters. The minimum absolute atomic E-state index is 0.0899. The summed E-state index contributed by atoms with van der Waals surface area (Å²) >= 11 is 6.01. The van der Waals surface area contributed by atoms with Gasteiger partial charge in [-0.1, -0.05) is 41.9 Å². The standard InChI is InChI=1S/C19H17ClN4O3/c1-12-10-15(8-9-16(12)20)27-19-17(24(25)26)18(21-11-22-19)23-13(2)14-6-4-3-5-7-14/h3-11,13H,1-2H3,(H,21,22,23). The number of nitro groups is 1. The zero-order valence-corrected chi connectivity index (χ0v) is 15.5. The molecule has 1 aromatic heterocycles. The zero-order valence-electron chi connectivity index (χ0n) is 14.7. The number of aromatic nitrogens is 2. The van der Waals surface area contributed by atoms with Gasteiger partial charge in [-0.3, -0.25) is 10.1 Å². The molecule has 0 aliphatic carbocycles. The van der Waals surface area contributed by atoms with Crippen molar-refractivity contribution >= 4 is 23.1 Å². The number of nitrogens with one attached hydrogen (secondary N) is 1. The van der Waals surface area contributed by atoms with E-state index in [0.29, 0.717) is 10.8 Å². The highest BCUT2D eigenvalue weighted by Crippen LogP contribution is 2.36. The van der Waals surface area contributed by atoms with E-state index < -0.39 is 4.92 Å². The maximum absolute atomic E-state index is 11.7. The number of rotatable bonds is 6. The van der Waals surface area contributed by atoms with Crippen molar-refractivity contribution in [2.75, 3.05) is 5.32 Å². The highest BCUT2D eigenvalue weighted by molar-refractivity contribution is 6.31. The highest BCUT2D eigenvalue weighted by Gasteiger charge is 2.26. The Balaban J connectivity index is 1.92. The van der Waals surface area contributed by atoms with E-state index in [-0.39, 0.29) is 23.4 Å². The van der Waals surface area contributed by atoms with Crippen LogP contribution in [0.4, 0.5) is 11.5 Å². The van der Waals surface area contributed by atoms with E-state index >= 15 is 0 Å². The minimum Gasteiger partial charge on any atom is -0.434 e. The van der Waals surface area contributed by atoms with Crippen molar-refractivity contribution in [2.24, 2.45) is 0 Å². The summed E-state index contributed by atoms with van der Waals surface area (Å²) in [5.41, 5.74) is 1.44. The normalized spacial score (nSPS) is 11.7. The lowest BCUT2D eigenvalue weighted by molar-refractivity contribution is -0.385. The Morgan fingerprint density at radius 2 is 1.93 bits per heavy atom. The lowest BCUT2D eigenvalue weighted by Crippen LogP contribution is -2.11. The molecule has 0 amide bonds. The molecule has 0 radical (unpaired) electrons. The number of aryl methyl sites for hydroxylation is 1. The fourth-order valence-corrected chi connectivity index (χ4v) is 2.65. The molecule has 1 N–H and O–H groups in total. The number of hydrogen-bond donors (Lipinski definition) is 1. The topological polar surface area (TPSA) is 90.2 Å². The summed E-state index contributed by atoms with van der Waals surface area (Å²) in [5, 5.41) is 15.3. The smallest absolute Gasteiger partial charge is 0.373 e. The summed E-state index contributed by atoms with van der Waals surface area (Å²) in [6.07, 6.45) is 1.23. The van der Waals surface area contributed by atoms with Crippen molar-refractivity contribution < 1.29 is 9.66 Å². The van der Waals surface area contributed by atoms with Crippen LogP contribution in [0.1, 0.15) is 24.1 Å². The summed E-state index contributed by atoms with van der Waals surface area (Å²) in [6.45, 7) is 3.71. The van der Waals surface area contributed by atoms with Crippen LogP contribution in [0.3, 0.4) is 0 Å². The number of benzene rings is 2. The van der Waals surface area contributed by atoms with Crippen LogP contribution in [0.5, 0.6) is 11.6 Å². The maximum Gasteiger partial charge on any atom is 0.373 e. The minimum atomic E-state index is -0.557. The van der Waals surface area contributed by atoms with Gasteiger partial charge < -0.3 is 10.1 Å². The molecule has 1 atom stereocenters. The number of halogens is 1. The van der Waals surface area contributed by atoms with Crippen molar-refractivity contribution in [3.63, 3.8) is 0 Å². The van der Waals surface area contributed by atoms with Crippen LogP contribution in [-0.4, -0.2) is 14.9 Å². The molecule has 138 valence electrons. The predicted molar refractivity (Wildman–Crippen MR) is 103 cm³/mol. The first kappa shape index (κ1) is 18.6. The van der Waals surface area contributed by atoms with Crippen LogP contribution in [0.2, 0.25) is 5.02 Å². The summed E-state index contributed by atoms with van der Waals surface area (Å²) in [7, 11) is 0. The van der Waals surface area contributed by atoms with Crippen molar-refractivity contribution in [3.8, 4) is 11.6 Å². The average molecular weight is 385 g/mol. The van der Waals surface area contributed by atoms with Crippen LogP contribution in [-0.2, 0) is 0 Å². The highest BCUT2D eigenvalue weighted by atomic mass is 35.5. The van der Waals surface area contributed by atoms with E-state index in [1.807, 2.05) is 44.2 Å². The Morgan fingerprint density at radius 1 is 1.19 bits per heavy atom. The van der Waals surface area contributed by atoms with E-state index in [2.05, 4.69) is 15.3 Å². The molecule has 0 aliphatic heterocycles. The van der Waals surface area contributed by atoms with Crippen LogP contribution in [0.25, 0.3) is 0 Å². The third-order valence-electron chi connectivity index (χ3n) is 3.97. The maximum atomic E-state index is 11.7. The van der Waals surface area contributed by atoms with Crippen LogP contribution in [0.15, 0.2) is 54.9 Å². The quantitative estimate of drug-likeness (QED) is 0.457. The second-order valence-electron chi connectivity index (χ2n) is 5.92. The molecule has 0 fully saturated rings. The third kappa shape index (κ3) is 4.32.